The summed E-state index contributed by atoms with van der Waals surface area (Å²) >= 11 is 0. The third-order valence-corrected chi connectivity index (χ3v) is 3.90. The van der Waals surface area contributed by atoms with Crippen LogP contribution in [0, 0.1) is 0 Å². The summed E-state index contributed by atoms with van der Waals surface area (Å²) in [4.78, 5) is 25.9. The van der Waals surface area contributed by atoms with Crippen LogP contribution < -0.4 is 10.1 Å². The molecule has 0 saturated heterocycles. The number of nitrogens with one attached hydrogen (secondary N) is 1. The minimum Gasteiger partial charge on any atom is -0.483 e. The third kappa shape index (κ3) is 3.56. The van der Waals surface area contributed by atoms with Gasteiger partial charge in [-0.25, -0.2) is 0 Å². The van der Waals surface area contributed by atoms with Crippen molar-refractivity contribution in [2.24, 2.45) is 0 Å². The van der Waals surface area contributed by atoms with E-state index < -0.39 is 0 Å². The van der Waals surface area contributed by atoms with Gasteiger partial charge in [0.05, 0.1) is 0 Å². The molecule has 1 aromatic heterocycles. The number of amides is 2. The van der Waals surface area contributed by atoms with Crippen molar-refractivity contribution in [2.75, 3.05) is 19.7 Å². The SMILES string of the molecule is CCn1ccc(C(=O)NCCN2Cc3ccccc3OCC2=O)n1. The normalized spacial score (nSPS) is 13.9. The average molecular weight is 328 g/mol. The van der Waals surface area contributed by atoms with E-state index in [9.17, 15) is 9.59 Å². The lowest BCUT2D eigenvalue weighted by atomic mass is 10.2. The first-order valence-corrected chi connectivity index (χ1v) is 7.97. The summed E-state index contributed by atoms with van der Waals surface area (Å²) < 4.78 is 7.21. The summed E-state index contributed by atoms with van der Waals surface area (Å²) in [6, 6.07) is 9.28. The van der Waals surface area contributed by atoms with Crippen molar-refractivity contribution in [3.63, 3.8) is 0 Å². The summed E-state index contributed by atoms with van der Waals surface area (Å²) in [5.41, 5.74) is 1.35. The lowest BCUT2D eigenvalue weighted by molar-refractivity contribution is -0.133. The van der Waals surface area contributed by atoms with Gasteiger partial charge < -0.3 is 15.0 Å². The molecule has 0 aliphatic carbocycles. The molecule has 1 aliphatic rings. The van der Waals surface area contributed by atoms with Crippen LogP contribution in [0.25, 0.3) is 0 Å². The number of rotatable bonds is 5. The minimum absolute atomic E-state index is 0.0197. The number of ether oxygens (including phenoxy) is 1. The lowest BCUT2D eigenvalue weighted by Gasteiger charge is -2.20. The molecule has 0 unspecified atom stereocenters. The number of fused-ring (bicyclic) bond motifs is 1. The fraction of sp³-hybridized carbons (Fsp3) is 0.353. The molecule has 2 amide bonds. The van der Waals surface area contributed by atoms with Crippen molar-refractivity contribution in [3.05, 3.63) is 47.8 Å². The number of hydrogen-bond acceptors (Lipinski definition) is 4. The largest absolute Gasteiger partial charge is 0.483 e. The highest BCUT2D eigenvalue weighted by atomic mass is 16.5. The Balaban J connectivity index is 1.55. The number of carbonyl (C=O) groups is 2. The molecule has 2 aromatic rings. The Morgan fingerprint density at radius 3 is 2.96 bits per heavy atom. The van der Waals surface area contributed by atoms with Crippen LogP contribution >= 0.6 is 0 Å². The number of nitrogens with zero attached hydrogens (tertiary/aromatic N) is 3. The quantitative estimate of drug-likeness (QED) is 0.890. The fourth-order valence-electron chi connectivity index (χ4n) is 2.56. The zero-order valence-corrected chi connectivity index (χ0v) is 13.6. The Labute approximate surface area is 140 Å². The Bertz CT molecular complexity index is 741. The second-order valence-corrected chi connectivity index (χ2v) is 5.52. The molecular weight excluding hydrogens is 308 g/mol. The van der Waals surface area contributed by atoms with Crippen LogP contribution in [0.15, 0.2) is 36.5 Å². The summed E-state index contributed by atoms with van der Waals surface area (Å²) in [6.45, 7) is 3.97. The predicted octanol–water partition coefficient (Wildman–Crippen LogP) is 1.05. The number of para-hydroxylation sites is 1. The van der Waals surface area contributed by atoms with Gasteiger partial charge in [0.1, 0.15) is 11.4 Å². The highest BCUT2D eigenvalue weighted by Crippen LogP contribution is 2.22. The Hall–Kier alpha value is -2.83. The van der Waals surface area contributed by atoms with E-state index >= 15 is 0 Å². The van der Waals surface area contributed by atoms with Gasteiger partial charge in [0, 0.05) is 37.9 Å². The number of aromatic nitrogens is 2. The van der Waals surface area contributed by atoms with Crippen molar-refractivity contribution >= 4 is 11.8 Å². The summed E-state index contributed by atoms with van der Waals surface area (Å²) in [7, 11) is 0. The number of carbonyl (C=O) groups excluding carboxylic acids is 2. The summed E-state index contributed by atoms with van der Waals surface area (Å²) in [5.74, 6) is 0.416. The third-order valence-electron chi connectivity index (χ3n) is 3.90. The lowest BCUT2D eigenvalue weighted by Crippen LogP contribution is -2.39. The first kappa shape index (κ1) is 16.0. The number of hydrogen-bond donors (Lipinski definition) is 1. The van der Waals surface area contributed by atoms with Crippen LogP contribution in [0.3, 0.4) is 0 Å². The maximum absolute atomic E-state index is 12.1. The van der Waals surface area contributed by atoms with Gasteiger partial charge in [0.15, 0.2) is 6.61 Å². The molecule has 7 heteroatoms. The highest BCUT2D eigenvalue weighted by molar-refractivity contribution is 5.92. The highest BCUT2D eigenvalue weighted by Gasteiger charge is 2.21. The van der Waals surface area contributed by atoms with Gasteiger partial charge in [0.2, 0.25) is 0 Å². The molecular formula is C17H20N4O3. The van der Waals surface area contributed by atoms with Gasteiger partial charge in [-0.05, 0) is 19.1 Å². The minimum atomic E-state index is -0.235. The van der Waals surface area contributed by atoms with Gasteiger partial charge in [0.25, 0.3) is 11.8 Å². The van der Waals surface area contributed by atoms with Crippen molar-refractivity contribution in [1.82, 2.24) is 20.0 Å². The standard InChI is InChI=1S/C17H20N4O3/c1-2-21-9-7-14(19-21)17(23)18-8-10-20-11-13-5-3-4-6-15(13)24-12-16(20)22/h3-7,9H,2,8,10-12H2,1H3,(H,18,23). The van der Waals surface area contributed by atoms with Crippen LogP contribution in [0.5, 0.6) is 5.75 Å². The maximum atomic E-state index is 12.1. The van der Waals surface area contributed by atoms with Crippen LogP contribution in [0.2, 0.25) is 0 Å². The number of aryl methyl sites for hydroxylation is 1. The summed E-state index contributed by atoms with van der Waals surface area (Å²) in [6.07, 6.45) is 1.77. The van der Waals surface area contributed by atoms with E-state index in [0.29, 0.717) is 25.3 Å². The first-order chi connectivity index (χ1) is 11.7. The smallest absolute Gasteiger partial charge is 0.271 e. The van der Waals surface area contributed by atoms with Crippen molar-refractivity contribution in [1.29, 1.82) is 0 Å². The van der Waals surface area contributed by atoms with Crippen LogP contribution in [0.4, 0.5) is 0 Å². The predicted molar refractivity (Wildman–Crippen MR) is 87.6 cm³/mol. The van der Waals surface area contributed by atoms with Gasteiger partial charge in [-0.1, -0.05) is 18.2 Å². The molecule has 0 atom stereocenters. The van der Waals surface area contributed by atoms with E-state index in [4.69, 9.17) is 4.74 Å². The molecule has 1 aromatic carbocycles. The zero-order valence-electron chi connectivity index (χ0n) is 13.6. The van der Waals surface area contributed by atoms with E-state index in [1.165, 1.54) is 0 Å². The fourth-order valence-corrected chi connectivity index (χ4v) is 2.56. The van der Waals surface area contributed by atoms with Crippen LogP contribution in [0.1, 0.15) is 23.0 Å². The van der Waals surface area contributed by atoms with Crippen molar-refractivity contribution in [3.8, 4) is 5.75 Å². The van der Waals surface area contributed by atoms with Crippen LogP contribution in [-0.4, -0.2) is 46.2 Å². The first-order valence-electron chi connectivity index (χ1n) is 7.97. The Morgan fingerprint density at radius 1 is 1.33 bits per heavy atom. The van der Waals surface area contributed by atoms with E-state index in [2.05, 4.69) is 10.4 Å². The van der Waals surface area contributed by atoms with Crippen molar-refractivity contribution in [2.45, 2.75) is 20.0 Å². The topological polar surface area (TPSA) is 76.5 Å². The molecule has 3 rings (SSSR count). The maximum Gasteiger partial charge on any atom is 0.271 e. The number of benzene rings is 1. The monoisotopic (exact) mass is 328 g/mol. The van der Waals surface area contributed by atoms with Gasteiger partial charge >= 0.3 is 0 Å². The summed E-state index contributed by atoms with van der Waals surface area (Å²) in [5, 5.41) is 6.96. The second kappa shape index (κ2) is 7.16. The molecule has 1 aliphatic heterocycles. The molecule has 2 heterocycles. The van der Waals surface area contributed by atoms with E-state index in [0.717, 1.165) is 17.9 Å². The zero-order chi connectivity index (χ0) is 16.9. The molecule has 0 saturated carbocycles. The van der Waals surface area contributed by atoms with Gasteiger partial charge in [-0.3, -0.25) is 14.3 Å². The molecule has 1 N–H and O–H groups in total. The molecule has 0 fully saturated rings. The van der Waals surface area contributed by atoms with Gasteiger partial charge in [-0.15, -0.1) is 0 Å². The van der Waals surface area contributed by atoms with Gasteiger partial charge in [-0.2, -0.15) is 5.10 Å². The molecule has 24 heavy (non-hydrogen) atoms. The molecule has 126 valence electrons. The Kier molecular flexibility index (Phi) is 4.79. The molecule has 0 radical (unpaired) electrons. The molecule has 0 spiro atoms. The molecule has 0 bridgehead atoms. The average Bonchev–Trinajstić information content (AvgIpc) is 3.02. The molecule has 7 nitrogen and oxygen atoms in total. The second-order valence-electron chi connectivity index (χ2n) is 5.52. The van der Waals surface area contributed by atoms with E-state index in [1.54, 1.807) is 21.8 Å². The Morgan fingerprint density at radius 2 is 2.17 bits per heavy atom. The van der Waals surface area contributed by atoms with Crippen LogP contribution in [-0.2, 0) is 17.9 Å². The van der Waals surface area contributed by atoms with E-state index in [1.807, 2.05) is 31.2 Å². The van der Waals surface area contributed by atoms with E-state index in [-0.39, 0.29) is 18.4 Å². The van der Waals surface area contributed by atoms with Crippen molar-refractivity contribution < 1.29 is 14.3 Å².